The molecule has 0 bridgehead atoms. The topological polar surface area (TPSA) is 174 Å². The molecule has 5 N–H and O–H groups in total. The van der Waals surface area contributed by atoms with Crippen molar-refractivity contribution in [2.45, 2.75) is 0 Å². The molecule has 0 aromatic heterocycles. The lowest BCUT2D eigenvalue weighted by molar-refractivity contribution is -0.384. The summed E-state index contributed by atoms with van der Waals surface area (Å²) in [6.45, 7) is 0. The Bertz CT molecular complexity index is 1290. The maximum atomic E-state index is 12.7. The van der Waals surface area contributed by atoms with Crippen LogP contribution in [0.3, 0.4) is 0 Å². The smallest absolute Gasteiger partial charge is 0.287 e. The average Bonchev–Trinajstić information content (AvgIpc) is 2.84. The van der Waals surface area contributed by atoms with Gasteiger partial charge in [0.15, 0.2) is 11.5 Å². The first-order chi connectivity index (χ1) is 16.3. The van der Waals surface area contributed by atoms with Crippen molar-refractivity contribution >= 4 is 29.8 Å². The summed E-state index contributed by atoms with van der Waals surface area (Å²) in [5, 5.41) is 45.8. The lowest BCUT2D eigenvalue weighted by atomic mass is 10.1. The molecule has 0 spiro atoms. The highest BCUT2D eigenvalue weighted by atomic mass is 16.6. The summed E-state index contributed by atoms with van der Waals surface area (Å²) in [7, 11) is 0. The van der Waals surface area contributed by atoms with E-state index in [0.717, 1.165) is 12.3 Å². The first-order valence-corrected chi connectivity index (χ1v) is 9.66. The highest BCUT2D eigenvalue weighted by molar-refractivity contribution is 6.05. The van der Waals surface area contributed by atoms with Crippen molar-refractivity contribution in [2.75, 3.05) is 0 Å². The van der Waals surface area contributed by atoms with Crippen LogP contribution in [0.1, 0.15) is 21.5 Å². The van der Waals surface area contributed by atoms with Crippen molar-refractivity contribution in [3.63, 3.8) is 0 Å². The van der Waals surface area contributed by atoms with Gasteiger partial charge in [-0.2, -0.15) is 5.10 Å². The molecule has 0 saturated carbocycles. The zero-order valence-electron chi connectivity index (χ0n) is 17.4. The fraction of sp³-hybridized carbons (Fsp3) is 0. The van der Waals surface area contributed by atoms with Gasteiger partial charge in [0, 0.05) is 23.3 Å². The molecule has 11 heteroatoms. The fourth-order valence-corrected chi connectivity index (χ4v) is 2.71. The second-order valence-electron chi connectivity index (χ2n) is 6.80. The van der Waals surface area contributed by atoms with Gasteiger partial charge in [-0.05, 0) is 48.0 Å². The van der Waals surface area contributed by atoms with Crippen molar-refractivity contribution in [3.8, 4) is 17.2 Å². The lowest BCUT2D eigenvalue weighted by Gasteiger charge is -2.09. The van der Waals surface area contributed by atoms with Gasteiger partial charge in [0.05, 0.1) is 11.1 Å². The van der Waals surface area contributed by atoms with Crippen LogP contribution in [0.4, 0.5) is 5.69 Å². The lowest BCUT2D eigenvalue weighted by Crippen LogP contribution is -2.32. The summed E-state index contributed by atoms with van der Waals surface area (Å²) in [6.07, 6.45) is 2.33. The monoisotopic (exact) mass is 462 g/mol. The van der Waals surface area contributed by atoms with Crippen LogP contribution in [-0.4, -0.2) is 38.3 Å². The predicted molar refractivity (Wildman–Crippen MR) is 122 cm³/mol. The first kappa shape index (κ1) is 23.5. The second kappa shape index (κ2) is 10.4. The quantitative estimate of drug-likeness (QED) is 0.118. The molecule has 172 valence electrons. The SMILES string of the molecule is O=C(NN=Cc1ccc(O)c(O)c1O)/C(=C/c1ccc([N+](=O)[O-])cc1)NC(=O)c1ccccc1. The van der Waals surface area contributed by atoms with E-state index in [4.69, 9.17) is 0 Å². The number of nitrogens with zero attached hydrogens (tertiary/aromatic N) is 2. The Morgan fingerprint density at radius 1 is 0.912 bits per heavy atom. The summed E-state index contributed by atoms with van der Waals surface area (Å²) in [5.74, 6) is -3.33. The van der Waals surface area contributed by atoms with Crippen molar-refractivity contribution in [1.82, 2.24) is 10.7 Å². The molecule has 34 heavy (non-hydrogen) atoms. The zero-order valence-corrected chi connectivity index (χ0v) is 17.4. The van der Waals surface area contributed by atoms with Gasteiger partial charge >= 0.3 is 0 Å². The molecule has 3 aromatic rings. The van der Waals surface area contributed by atoms with E-state index in [1.165, 1.54) is 36.4 Å². The molecule has 0 fully saturated rings. The Hall–Kier alpha value is -5.19. The normalized spacial score (nSPS) is 11.2. The molecule has 2 amide bonds. The van der Waals surface area contributed by atoms with Crippen LogP contribution < -0.4 is 10.7 Å². The molecule has 0 radical (unpaired) electrons. The molecule has 0 heterocycles. The van der Waals surface area contributed by atoms with Gasteiger partial charge in [-0.25, -0.2) is 5.43 Å². The molecule has 3 aromatic carbocycles. The van der Waals surface area contributed by atoms with Gasteiger partial charge in [-0.3, -0.25) is 19.7 Å². The molecule has 0 unspecified atom stereocenters. The van der Waals surface area contributed by atoms with Crippen LogP contribution in [0, 0.1) is 10.1 Å². The highest BCUT2D eigenvalue weighted by Crippen LogP contribution is 2.36. The molecule has 0 aliphatic carbocycles. The van der Waals surface area contributed by atoms with Crippen LogP contribution in [-0.2, 0) is 4.79 Å². The fourth-order valence-electron chi connectivity index (χ4n) is 2.71. The minimum Gasteiger partial charge on any atom is -0.504 e. The van der Waals surface area contributed by atoms with Crippen molar-refractivity contribution in [3.05, 3.63) is 99.2 Å². The van der Waals surface area contributed by atoms with Gasteiger partial charge in [0.25, 0.3) is 17.5 Å². The maximum absolute atomic E-state index is 12.7. The Morgan fingerprint density at radius 3 is 2.24 bits per heavy atom. The molecule has 0 atom stereocenters. The van der Waals surface area contributed by atoms with Gasteiger partial charge in [0.1, 0.15) is 5.70 Å². The number of phenolic OH excluding ortho intramolecular Hbond substituents is 3. The Balaban J connectivity index is 1.84. The van der Waals surface area contributed by atoms with Gasteiger partial charge in [-0.1, -0.05) is 18.2 Å². The Morgan fingerprint density at radius 2 is 1.59 bits per heavy atom. The summed E-state index contributed by atoms with van der Waals surface area (Å²) in [5.41, 5.74) is 2.52. The third-order valence-corrected chi connectivity index (χ3v) is 4.47. The third kappa shape index (κ3) is 5.73. The molecule has 0 saturated heterocycles. The largest absolute Gasteiger partial charge is 0.504 e. The molecular formula is C23H18N4O7. The summed E-state index contributed by atoms with van der Waals surface area (Å²) in [4.78, 5) is 35.6. The van der Waals surface area contributed by atoms with Crippen LogP contribution in [0.15, 0.2) is 77.5 Å². The molecule has 0 aliphatic rings. The number of nitro benzene ring substituents is 1. The molecule has 0 aliphatic heterocycles. The number of hydrogen-bond acceptors (Lipinski definition) is 8. The van der Waals surface area contributed by atoms with Crippen LogP contribution in [0.5, 0.6) is 17.2 Å². The van der Waals surface area contributed by atoms with Gasteiger partial charge < -0.3 is 20.6 Å². The van der Waals surface area contributed by atoms with E-state index in [-0.39, 0.29) is 22.5 Å². The number of nitrogens with one attached hydrogen (secondary N) is 2. The van der Waals surface area contributed by atoms with E-state index < -0.39 is 34.0 Å². The zero-order chi connectivity index (χ0) is 24.7. The van der Waals surface area contributed by atoms with Gasteiger partial charge in [0.2, 0.25) is 5.75 Å². The predicted octanol–water partition coefficient (Wildman–Crippen LogP) is 2.63. The highest BCUT2D eigenvalue weighted by Gasteiger charge is 2.15. The van der Waals surface area contributed by atoms with E-state index in [1.54, 1.807) is 30.3 Å². The Labute approximate surface area is 192 Å². The van der Waals surface area contributed by atoms with E-state index in [2.05, 4.69) is 15.8 Å². The number of benzene rings is 3. The van der Waals surface area contributed by atoms with Crippen LogP contribution >= 0.6 is 0 Å². The number of aromatic hydroxyl groups is 3. The van der Waals surface area contributed by atoms with Crippen molar-refractivity contribution in [1.29, 1.82) is 0 Å². The van der Waals surface area contributed by atoms with E-state index >= 15 is 0 Å². The third-order valence-electron chi connectivity index (χ3n) is 4.47. The number of hydrogen-bond donors (Lipinski definition) is 5. The maximum Gasteiger partial charge on any atom is 0.287 e. The first-order valence-electron chi connectivity index (χ1n) is 9.66. The standard InChI is InChI=1S/C23H18N4O7/c28-19-11-8-16(20(29)21(19)30)13-24-26-23(32)18(25-22(31)15-4-2-1-3-5-15)12-14-6-9-17(10-7-14)27(33)34/h1-13,28-30H,(H,25,31)(H,26,32)/b18-12-,24-13?. The number of non-ortho nitro benzene ring substituents is 1. The summed E-state index contributed by atoms with van der Waals surface area (Å²) in [6, 6.07) is 15.8. The molecule has 11 nitrogen and oxygen atoms in total. The summed E-state index contributed by atoms with van der Waals surface area (Å²) < 4.78 is 0. The number of amides is 2. The number of rotatable bonds is 7. The number of hydrazone groups is 1. The number of nitro groups is 1. The number of carbonyl (C=O) groups excluding carboxylic acids is 2. The summed E-state index contributed by atoms with van der Waals surface area (Å²) >= 11 is 0. The van der Waals surface area contributed by atoms with Crippen molar-refractivity contribution < 1.29 is 29.8 Å². The van der Waals surface area contributed by atoms with Gasteiger partial charge in [-0.15, -0.1) is 0 Å². The molecule has 3 rings (SSSR count). The second-order valence-corrected chi connectivity index (χ2v) is 6.80. The number of phenols is 3. The average molecular weight is 462 g/mol. The van der Waals surface area contributed by atoms with Crippen molar-refractivity contribution in [2.24, 2.45) is 5.10 Å². The van der Waals surface area contributed by atoms with Crippen LogP contribution in [0.25, 0.3) is 6.08 Å². The number of carbonyl (C=O) groups is 2. The molecular weight excluding hydrogens is 444 g/mol. The minimum atomic E-state index is -0.832. The van der Waals surface area contributed by atoms with E-state index in [1.807, 2.05) is 0 Å². The van der Waals surface area contributed by atoms with Crippen LogP contribution in [0.2, 0.25) is 0 Å². The Kier molecular flexibility index (Phi) is 7.19. The van der Waals surface area contributed by atoms with E-state index in [9.17, 15) is 35.0 Å². The van der Waals surface area contributed by atoms with E-state index in [0.29, 0.717) is 5.56 Å². The minimum absolute atomic E-state index is 0.00446.